The van der Waals surface area contributed by atoms with Crippen LogP contribution in [-0.2, 0) is 0 Å². The molecule has 0 saturated heterocycles. The van der Waals surface area contributed by atoms with Gasteiger partial charge >= 0.3 is 11.0 Å². The number of alkyl halides is 9. The first kappa shape index (κ1) is 24.8. The standard InChI is InChI=1S/C10H8BrClF6N2.C4H7Br/c11-10(17,18)8(12,13)3-1-7(5-19,6-20)2-4-9(14,15)16;5-3-4-1-2-4/h1-4H2;4H,1-3H2. The monoisotopic (exact) mass is 518 g/mol. The van der Waals surface area contributed by atoms with Gasteiger partial charge in [0.15, 0.2) is 0 Å². The van der Waals surface area contributed by atoms with E-state index in [0.29, 0.717) is 0 Å². The lowest BCUT2D eigenvalue weighted by Gasteiger charge is -2.26. The zero-order valence-electron chi connectivity index (χ0n) is 12.8. The Kier molecular flexibility index (Phi) is 9.59. The van der Waals surface area contributed by atoms with E-state index >= 15 is 0 Å². The van der Waals surface area contributed by atoms with Gasteiger partial charge in [0, 0.05) is 18.2 Å². The van der Waals surface area contributed by atoms with Crippen LogP contribution in [0.5, 0.6) is 0 Å². The molecule has 1 aliphatic rings. The number of hydrogen-bond acceptors (Lipinski definition) is 2. The molecule has 1 rings (SSSR count). The number of nitriles is 2. The SMILES string of the molecule is BrCC1CC1.N#CC(C#N)(CCC(F)(F)F)CCC(F)(Cl)C(F)(F)Br. The average molecular weight is 521 g/mol. The molecule has 0 bridgehead atoms. The zero-order chi connectivity index (χ0) is 19.9. The molecule has 0 spiro atoms. The van der Waals surface area contributed by atoms with E-state index in [1.54, 1.807) is 15.9 Å². The minimum absolute atomic E-state index is 0.850. The van der Waals surface area contributed by atoms with Crippen molar-refractivity contribution in [3.05, 3.63) is 0 Å². The van der Waals surface area contributed by atoms with Crippen molar-refractivity contribution in [1.29, 1.82) is 10.5 Å². The number of hydrogen-bond donors (Lipinski definition) is 0. The maximum Gasteiger partial charge on any atom is 0.389 e. The van der Waals surface area contributed by atoms with Gasteiger partial charge in [-0.1, -0.05) is 27.5 Å². The van der Waals surface area contributed by atoms with Gasteiger partial charge in [0.1, 0.15) is 5.41 Å². The van der Waals surface area contributed by atoms with Crippen LogP contribution in [0.2, 0.25) is 0 Å². The van der Waals surface area contributed by atoms with Gasteiger partial charge in [-0.3, -0.25) is 0 Å². The molecular formula is C14H15Br2ClF6N2. The van der Waals surface area contributed by atoms with Gasteiger partial charge in [0.05, 0.1) is 12.1 Å². The summed E-state index contributed by atoms with van der Waals surface area (Å²) >= 11 is 9.99. The maximum atomic E-state index is 13.4. The van der Waals surface area contributed by atoms with Crippen molar-refractivity contribution in [2.75, 3.05) is 5.33 Å². The summed E-state index contributed by atoms with van der Waals surface area (Å²) in [7, 11) is 0. The molecule has 0 N–H and O–H groups in total. The van der Waals surface area contributed by atoms with Gasteiger partial charge < -0.3 is 0 Å². The summed E-state index contributed by atoms with van der Waals surface area (Å²) in [5, 5.41) is 15.2. The summed E-state index contributed by atoms with van der Waals surface area (Å²) in [4.78, 5) is -4.14. The Bertz CT molecular complexity index is 489. The second-order valence-electron chi connectivity index (χ2n) is 5.72. The molecule has 1 aliphatic carbocycles. The van der Waals surface area contributed by atoms with Crippen LogP contribution in [0.25, 0.3) is 0 Å². The van der Waals surface area contributed by atoms with Crippen molar-refractivity contribution < 1.29 is 26.3 Å². The van der Waals surface area contributed by atoms with Crippen LogP contribution in [0.3, 0.4) is 0 Å². The molecule has 11 heteroatoms. The van der Waals surface area contributed by atoms with E-state index in [2.05, 4.69) is 15.9 Å². The molecule has 0 aromatic rings. The fourth-order valence-corrected chi connectivity index (χ4v) is 2.45. The third-order valence-electron chi connectivity index (χ3n) is 3.46. The Hall–Kier alpha value is -0.190. The molecule has 0 aromatic heterocycles. The Morgan fingerprint density at radius 2 is 1.36 bits per heavy atom. The molecule has 1 atom stereocenters. The minimum atomic E-state index is -4.62. The normalized spacial score (nSPS) is 17.6. The van der Waals surface area contributed by atoms with Gasteiger partial charge in [-0.25, -0.2) is 4.39 Å². The van der Waals surface area contributed by atoms with Crippen molar-refractivity contribution in [2.45, 2.75) is 54.7 Å². The summed E-state index contributed by atoms with van der Waals surface area (Å²) in [5.74, 6) is 1.05. The van der Waals surface area contributed by atoms with Gasteiger partial charge in [-0.15, -0.1) is 0 Å². The molecule has 1 saturated carbocycles. The summed E-state index contributed by atoms with van der Waals surface area (Å²) in [6.45, 7) is 0. The first-order chi connectivity index (χ1) is 11.2. The molecule has 0 amide bonds. The predicted octanol–water partition coefficient (Wildman–Crippen LogP) is 6.83. The van der Waals surface area contributed by atoms with Gasteiger partial charge in [-0.2, -0.15) is 32.5 Å². The Balaban J connectivity index is 0.000000972. The van der Waals surface area contributed by atoms with E-state index in [1.807, 2.05) is 0 Å². The molecule has 0 aromatic carbocycles. The molecule has 0 radical (unpaired) electrons. The topological polar surface area (TPSA) is 47.6 Å². The van der Waals surface area contributed by atoms with Crippen LogP contribution in [0.1, 0.15) is 38.5 Å². The molecule has 1 fully saturated rings. The number of halogens is 9. The minimum Gasteiger partial charge on any atom is -0.218 e. The second-order valence-corrected chi connectivity index (χ2v) is 7.96. The van der Waals surface area contributed by atoms with Crippen LogP contribution in [0.4, 0.5) is 26.3 Å². The number of rotatable bonds is 7. The third kappa shape index (κ3) is 9.91. The van der Waals surface area contributed by atoms with Crippen LogP contribution in [0.15, 0.2) is 0 Å². The summed E-state index contributed by atoms with van der Waals surface area (Å²) < 4.78 is 75.1. The highest BCUT2D eigenvalue weighted by molar-refractivity contribution is 9.10. The smallest absolute Gasteiger partial charge is 0.218 e. The van der Waals surface area contributed by atoms with Crippen molar-refractivity contribution >= 4 is 43.5 Å². The summed E-state index contributed by atoms with van der Waals surface area (Å²) in [5.41, 5.74) is -2.22. The van der Waals surface area contributed by atoms with E-state index in [1.165, 1.54) is 30.3 Å². The molecule has 0 heterocycles. The largest absolute Gasteiger partial charge is 0.389 e. The van der Waals surface area contributed by atoms with Crippen molar-refractivity contribution in [2.24, 2.45) is 11.3 Å². The lowest BCUT2D eigenvalue weighted by Crippen LogP contribution is -2.35. The zero-order valence-corrected chi connectivity index (χ0v) is 16.8. The van der Waals surface area contributed by atoms with Crippen LogP contribution < -0.4 is 0 Å². The first-order valence-electron chi connectivity index (χ1n) is 7.12. The number of nitrogens with zero attached hydrogens (tertiary/aromatic N) is 2. The highest BCUT2D eigenvalue weighted by Crippen LogP contribution is 2.46. The first-order valence-corrected chi connectivity index (χ1v) is 9.41. The second kappa shape index (κ2) is 9.66. The van der Waals surface area contributed by atoms with E-state index in [4.69, 9.17) is 22.1 Å². The van der Waals surface area contributed by atoms with Crippen LogP contribution in [0, 0.1) is 34.0 Å². The van der Waals surface area contributed by atoms with Gasteiger partial charge in [-0.05, 0) is 47.5 Å². The van der Waals surface area contributed by atoms with E-state index < -0.39 is 47.2 Å². The van der Waals surface area contributed by atoms with E-state index in [9.17, 15) is 26.3 Å². The van der Waals surface area contributed by atoms with Gasteiger partial charge in [0.25, 0.3) is 5.13 Å². The van der Waals surface area contributed by atoms with Crippen molar-refractivity contribution in [3.8, 4) is 12.1 Å². The Morgan fingerprint density at radius 1 is 0.920 bits per heavy atom. The highest BCUT2D eigenvalue weighted by atomic mass is 79.9. The fourth-order valence-electron chi connectivity index (χ4n) is 1.51. The predicted molar refractivity (Wildman–Crippen MR) is 88.3 cm³/mol. The van der Waals surface area contributed by atoms with Crippen molar-refractivity contribution in [3.63, 3.8) is 0 Å². The molecule has 1 unspecified atom stereocenters. The van der Waals surface area contributed by atoms with Gasteiger partial charge in [0.2, 0.25) is 0 Å². The lowest BCUT2D eigenvalue weighted by atomic mass is 9.81. The molecule has 0 aliphatic heterocycles. The molecule has 2 nitrogen and oxygen atoms in total. The average Bonchev–Trinajstić information content (AvgIpc) is 3.31. The molecular weight excluding hydrogens is 505 g/mol. The highest BCUT2D eigenvalue weighted by Gasteiger charge is 2.53. The van der Waals surface area contributed by atoms with Crippen molar-refractivity contribution in [1.82, 2.24) is 0 Å². The Morgan fingerprint density at radius 3 is 1.60 bits per heavy atom. The molecule has 25 heavy (non-hydrogen) atoms. The summed E-state index contributed by atoms with van der Waals surface area (Å²) in [6, 6.07) is 2.63. The Labute approximate surface area is 163 Å². The van der Waals surface area contributed by atoms with E-state index in [-0.39, 0.29) is 0 Å². The lowest BCUT2D eigenvalue weighted by molar-refractivity contribution is -0.138. The fraction of sp³-hybridized carbons (Fsp3) is 0.857. The maximum absolute atomic E-state index is 13.4. The van der Waals surface area contributed by atoms with Crippen LogP contribution >= 0.6 is 43.5 Å². The van der Waals surface area contributed by atoms with Crippen LogP contribution in [-0.4, -0.2) is 21.5 Å². The third-order valence-corrected chi connectivity index (χ3v) is 5.66. The quantitative estimate of drug-likeness (QED) is 0.273. The molecule has 144 valence electrons. The van der Waals surface area contributed by atoms with E-state index in [0.717, 1.165) is 5.92 Å². The summed E-state index contributed by atoms with van der Waals surface area (Å²) in [6.07, 6.45) is -6.10.